The Balaban J connectivity index is 1.90. The summed E-state index contributed by atoms with van der Waals surface area (Å²) in [6.07, 6.45) is -4.41. The van der Waals surface area contributed by atoms with Gasteiger partial charge in [0, 0.05) is 11.6 Å². The number of pyridine rings is 1. The zero-order valence-electron chi connectivity index (χ0n) is 12.7. The Labute approximate surface area is 135 Å². The number of carbonyl (C=O) groups excluding carboxylic acids is 2. The number of fused-ring (bicyclic) bond motifs is 1. The van der Waals surface area contributed by atoms with Crippen LogP contribution in [0, 0.1) is 0 Å². The molecular weight excluding hydrogens is 327 g/mol. The molecule has 1 atom stereocenters. The molecule has 0 saturated heterocycles. The third kappa shape index (κ3) is 4.51. The largest absolute Gasteiger partial charge is 0.491 e. The summed E-state index contributed by atoms with van der Waals surface area (Å²) in [6.45, 7) is 1.57. The maximum Gasteiger partial charge on any atom is 0.491 e. The first kappa shape index (κ1) is 17.9. The lowest BCUT2D eigenvalue weighted by atomic mass is 10.0. The van der Waals surface area contributed by atoms with Crippen LogP contribution in [0.4, 0.5) is 13.2 Å². The van der Waals surface area contributed by atoms with E-state index < -0.39 is 30.6 Å². The molecule has 1 aromatic carbocycles. The summed E-state index contributed by atoms with van der Waals surface area (Å²) < 4.78 is 45.0. The monoisotopic (exact) mass is 341 g/mol. The predicted molar refractivity (Wildman–Crippen MR) is 77.9 cm³/mol. The highest BCUT2D eigenvalue weighted by Gasteiger charge is 2.42. The number of hydrogen-bond acceptors (Lipinski definition) is 5. The van der Waals surface area contributed by atoms with Crippen molar-refractivity contribution in [2.75, 3.05) is 6.61 Å². The van der Waals surface area contributed by atoms with E-state index in [1.54, 1.807) is 25.3 Å². The maximum absolute atomic E-state index is 12.0. The van der Waals surface area contributed by atoms with Crippen LogP contribution in [0.25, 0.3) is 10.9 Å². The van der Waals surface area contributed by atoms with Crippen LogP contribution in [0.5, 0.6) is 0 Å². The summed E-state index contributed by atoms with van der Waals surface area (Å²) in [5.41, 5.74) is 1.61. The third-order valence-electron chi connectivity index (χ3n) is 3.23. The number of carbonyl (C=O) groups is 2. The molecule has 2 aromatic rings. The minimum atomic E-state index is -5.19. The number of benzene rings is 1. The molecule has 0 saturated carbocycles. The van der Waals surface area contributed by atoms with Gasteiger partial charge in [-0.2, -0.15) is 13.2 Å². The highest BCUT2D eigenvalue weighted by molar-refractivity contribution is 5.88. The lowest BCUT2D eigenvalue weighted by Crippen LogP contribution is -2.28. The van der Waals surface area contributed by atoms with Gasteiger partial charge in [-0.3, -0.25) is 9.78 Å². The molecule has 1 aromatic heterocycles. The number of rotatable bonds is 5. The Morgan fingerprint density at radius 2 is 1.96 bits per heavy atom. The highest BCUT2D eigenvalue weighted by atomic mass is 19.4. The van der Waals surface area contributed by atoms with Crippen LogP contribution in [-0.2, 0) is 19.1 Å². The fourth-order valence-electron chi connectivity index (χ4n) is 2.10. The second kappa shape index (κ2) is 7.39. The van der Waals surface area contributed by atoms with Gasteiger partial charge in [0.25, 0.3) is 0 Å². The Morgan fingerprint density at radius 3 is 2.67 bits per heavy atom. The van der Waals surface area contributed by atoms with Crippen molar-refractivity contribution in [1.29, 1.82) is 0 Å². The lowest BCUT2D eigenvalue weighted by Gasteiger charge is -2.15. The minimum Gasteiger partial charge on any atom is -0.386 e. The van der Waals surface area contributed by atoms with Gasteiger partial charge in [-0.05, 0) is 24.6 Å². The molecule has 2 rings (SSSR count). The van der Waals surface area contributed by atoms with Crippen molar-refractivity contribution in [3.63, 3.8) is 0 Å². The molecule has 24 heavy (non-hydrogen) atoms. The molecule has 0 amide bonds. The van der Waals surface area contributed by atoms with Crippen LogP contribution in [0.1, 0.15) is 25.0 Å². The first-order valence-corrected chi connectivity index (χ1v) is 7.06. The van der Waals surface area contributed by atoms with Crippen LogP contribution in [0.3, 0.4) is 0 Å². The van der Waals surface area contributed by atoms with Crippen LogP contribution in [-0.4, -0.2) is 29.7 Å². The number of esters is 2. The minimum absolute atomic E-state index is 0.179. The third-order valence-corrected chi connectivity index (χ3v) is 3.23. The molecule has 0 aliphatic rings. The molecule has 0 spiro atoms. The average Bonchev–Trinajstić information content (AvgIpc) is 2.53. The van der Waals surface area contributed by atoms with Gasteiger partial charge in [-0.15, -0.1) is 0 Å². The molecule has 8 heteroatoms. The second-order valence-corrected chi connectivity index (χ2v) is 4.94. The van der Waals surface area contributed by atoms with Crippen LogP contribution < -0.4 is 0 Å². The number of nitrogens with zero attached hydrogens (tertiary/aromatic N) is 1. The van der Waals surface area contributed by atoms with Crippen molar-refractivity contribution in [1.82, 2.24) is 4.98 Å². The van der Waals surface area contributed by atoms with Crippen molar-refractivity contribution < 1.29 is 32.2 Å². The first-order chi connectivity index (χ1) is 11.3. The van der Waals surface area contributed by atoms with Gasteiger partial charge in [-0.25, -0.2) is 4.79 Å². The molecule has 0 radical (unpaired) electrons. The molecule has 0 aliphatic heterocycles. The standard InChI is InChI=1S/C16H14F3NO4/c1-10(11-4-2-6-13-12(11)5-3-8-20-13)23-9-7-14(21)24-15(22)16(17,18)19/h2-6,8,10H,7,9H2,1H3. The molecule has 0 bridgehead atoms. The van der Waals surface area contributed by atoms with E-state index in [4.69, 9.17) is 4.74 Å². The summed E-state index contributed by atoms with van der Waals surface area (Å²) in [6, 6.07) is 9.12. The van der Waals surface area contributed by atoms with E-state index in [0.717, 1.165) is 16.5 Å². The number of alkyl halides is 3. The molecule has 0 N–H and O–H groups in total. The first-order valence-electron chi connectivity index (χ1n) is 7.06. The van der Waals surface area contributed by atoms with E-state index in [0.29, 0.717) is 0 Å². The van der Waals surface area contributed by atoms with E-state index in [2.05, 4.69) is 9.72 Å². The van der Waals surface area contributed by atoms with Gasteiger partial charge in [0.1, 0.15) is 0 Å². The molecular formula is C16H14F3NO4. The normalized spacial score (nSPS) is 12.8. The SMILES string of the molecule is CC(OCCC(=O)OC(=O)C(F)(F)F)c1cccc2ncccc12. The number of ether oxygens (including phenoxy) is 2. The fourth-order valence-corrected chi connectivity index (χ4v) is 2.10. The molecule has 1 unspecified atom stereocenters. The van der Waals surface area contributed by atoms with Gasteiger partial charge in [-0.1, -0.05) is 18.2 Å². The van der Waals surface area contributed by atoms with Gasteiger partial charge < -0.3 is 9.47 Å². The van der Waals surface area contributed by atoms with Crippen molar-refractivity contribution in [3.8, 4) is 0 Å². The van der Waals surface area contributed by atoms with E-state index in [1.807, 2.05) is 18.2 Å². The summed E-state index contributed by atoms with van der Waals surface area (Å²) in [5.74, 6) is -3.82. The van der Waals surface area contributed by atoms with Crippen molar-refractivity contribution in [3.05, 3.63) is 42.1 Å². The van der Waals surface area contributed by atoms with Crippen LogP contribution in [0.2, 0.25) is 0 Å². The van der Waals surface area contributed by atoms with Gasteiger partial charge in [0.2, 0.25) is 0 Å². The Kier molecular flexibility index (Phi) is 5.50. The molecule has 0 aliphatic carbocycles. The zero-order valence-corrected chi connectivity index (χ0v) is 12.7. The fraction of sp³-hybridized carbons (Fsp3) is 0.312. The molecule has 0 fully saturated rings. The van der Waals surface area contributed by atoms with Gasteiger partial charge in [0.15, 0.2) is 0 Å². The predicted octanol–water partition coefficient (Wildman–Crippen LogP) is 3.33. The second-order valence-electron chi connectivity index (χ2n) is 4.94. The molecule has 1 heterocycles. The maximum atomic E-state index is 12.0. The molecule has 5 nitrogen and oxygen atoms in total. The van der Waals surface area contributed by atoms with Crippen molar-refractivity contribution in [2.24, 2.45) is 0 Å². The quantitative estimate of drug-likeness (QED) is 0.616. The average molecular weight is 341 g/mol. The number of halogens is 3. The molecule has 128 valence electrons. The van der Waals surface area contributed by atoms with Crippen LogP contribution in [0.15, 0.2) is 36.5 Å². The topological polar surface area (TPSA) is 65.5 Å². The van der Waals surface area contributed by atoms with Gasteiger partial charge >= 0.3 is 18.1 Å². The van der Waals surface area contributed by atoms with Gasteiger partial charge in [0.05, 0.1) is 24.6 Å². The van der Waals surface area contributed by atoms with Crippen molar-refractivity contribution >= 4 is 22.8 Å². The van der Waals surface area contributed by atoms with Crippen LogP contribution >= 0.6 is 0 Å². The van der Waals surface area contributed by atoms with Crippen molar-refractivity contribution in [2.45, 2.75) is 25.6 Å². The van der Waals surface area contributed by atoms with E-state index >= 15 is 0 Å². The summed E-state index contributed by atoms with van der Waals surface area (Å²) in [7, 11) is 0. The van der Waals surface area contributed by atoms with E-state index in [-0.39, 0.29) is 6.61 Å². The Bertz CT molecular complexity index is 740. The summed E-state index contributed by atoms with van der Waals surface area (Å²) >= 11 is 0. The zero-order chi connectivity index (χ0) is 17.7. The number of hydrogen-bond donors (Lipinski definition) is 0. The lowest BCUT2D eigenvalue weighted by molar-refractivity contribution is -0.202. The highest BCUT2D eigenvalue weighted by Crippen LogP contribution is 2.25. The Hall–Kier alpha value is -2.48. The summed E-state index contributed by atoms with van der Waals surface area (Å²) in [4.78, 5) is 25.9. The summed E-state index contributed by atoms with van der Waals surface area (Å²) in [5, 5.41) is 0.877. The van der Waals surface area contributed by atoms with E-state index in [1.165, 1.54) is 0 Å². The van der Waals surface area contributed by atoms with E-state index in [9.17, 15) is 22.8 Å². The smallest absolute Gasteiger partial charge is 0.386 e. The Morgan fingerprint density at radius 1 is 1.21 bits per heavy atom. The number of aromatic nitrogens is 1.